The monoisotopic (exact) mass is 457 g/mol. The summed E-state index contributed by atoms with van der Waals surface area (Å²) >= 11 is 0. The Labute approximate surface area is 206 Å². The van der Waals surface area contributed by atoms with Crippen LogP contribution in [0.4, 0.5) is 0 Å². The minimum Gasteiger partial charge on any atom is -0.497 e. The van der Waals surface area contributed by atoms with Crippen molar-refractivity contribution in [1.29, 1.82) is 0 Å². The topological polar surface area (TPSA) is 21.7 Å². The van der Waals surface area contributed by atoms with Gasteiger partial charge >= 0.3 is 0 Å². The highest BCUT2D eigenvalue weighted by molar-refractivity contribution is 6.00. The Morgan fingerprint density at radius 2 is 1.24 bits per heavy atom. The fourth-order valence-electron chi connectivity index (χ4n) is 4.32. The van der Waals surface area contributed by atoms with Crippen LogP contribution in [0.25, 0.3) is 11.1 Å². The van der Waals surface area contributed by atoms with E-state index in [1.165, 1.54) is 27.8 Å². The number of benzene rings is 3. The van der Waals surface area contributed by atoms with Crippen LogP contribution >= 0.6 is 0 Å². The van der Waals surface area contributed by atoms with Crippen LogP contribution in [0.5, 0.6) is 11.5 Å². The normalized spacial score (nSPS) is 12.4. The standard InChI is InChI=1S/C31H39NO2/c1-7-32(8-2)22-23-34-28-20-16-25(17-21-28)29(24-14-18-27(33-6)19-15-24)30(31(3,4)5)26-12-10-9-11-13-26/h9-21H,7-8,22-23H2,1-6H3/b30-29+. The Hall–Kier alpha value is -3.04. The molecule has 0 aromatic heterocycles. The van der Waals surface area contributed by atoms with E-state index in [4.69, 9.17) is 9.47 Å². The number of likely N-dealkylation sites (N-methyl/N-ethyl adjacent to an activating group) is 1. The number of ether oxygens (including phenoxy) is 2. The van der Waals surface area contributed by atoms with Crippen LogP contribution < -0.4 is 9.47 Å². The molecule has 3 rings (SSSR count). The first-order chi connectivity index (χ1) is 16.4. The zero-order valence-electron chi connectivity index (χ0n) is 21.6. The predicted molar refractivity (Wildman–Crippen MR) is 145 cm³/mol. The van der Waals surface area contributed by atoms with Gasteiger partial charge in [0.05, 0.1) is 7.11 Å². The van der Waals surface area contributed by atoms with E-state index >= 15 is 0 Å². The van der Waals surface area contributed by atoms with E-state index in [1.54, 1.807) is 7.11 Å². The smallest absolute Gasteiger partial charge is 0.119 e. The highest BCUT2D eigenvalue weighted by Gasteiger charge is 2.25. The fraction of sp³-hybridized carbons (Fsp3) is 0.355. The SMILES string of the molecule is CCN(CC)CCOc1ccc(/C(=C(\c2ccccc2)C(C)(C)C)c2ccc(OC)cc2)cc1. The first kappa shape index (κ1) is 25.6. The minimum atomic E-state index is -0.0600. The highest BCUT2D eigenvalue weighted by Crippen LogP contribution is 2.43. The summed E-state index contributed by atoms with van der Waals surface area (Å²) in [5, 5.41) is 0. The van der Waals surface area contributed by atoms with Crippen LogP contribution in [0, 0.1) is 5.41 Å². The molecule has 3 aromatic carbocycles. The third-order valence-corrected chi connectivity index (χ3v) is 6.15. The van der Waals surface area contributed by atoms with Crippen LogP contribution in [0.15, 0.2) is 78.9 Å². The van der Waals surface area contributed by atoms with Gasteiger partial charge in [0.15, 0.2) is 0 Å². The lowest BCUT2D eigenvalue weighted by Crippen LogP contribution is -2.27. The molecule has 180 valence electrons. The number of hydrogen-bond acceptors (Lipinski definition) is 3. The lowest BCUT2D eigenvalue weighted by Gasteiger charge is -2.28. The molecule has 0 aliphatic heterocycles. The lowest BCUT2D eigenvalue weighted by atomic mass is 9.76. The van der Waals surface area contributed by atoms with Gasteiger partial charge in [-0.3, -0.25) is 0 Å². The molecule has 34 heavy (non-hydrogen) atoms. The maximum Gasteiger partial charge on any atom is 0.119 e. The zero-order valence-corrected chi connectivity index (χ0v) is 21.6. The average molecular weight is 458 g/mol. The van der Waals surface area contributed by atoms with Crippen LogP contribution in [0.1, 0.15) is 51.3 Å². The maximum atomic E-state index is 6.05. The maximum absolute atomic E-state index is 6.05. The number of rotatable bonds is 10. The number of allylic oxidation sites excluding steroid dienone is 1. The first-order valence-electron chi connectivity index (χ1n) is 12.3. The van der Waals surface area contributed by atoms with Crippen LogP contribution in [0.3, 0.4) is 0 Å². The van der Waals surface area contributed by atoms with Crippen molar-refractivity contribution < 1.29 is 9.47 Å². The average Bonchev–Trinajstić information content (AvgIpc) is 2.85. The van der Waals surface area contributed by atoms with Gasteiger partial charge in [-0.25, -0.2) is 0 Å². The van der Waals surface area contributed by atoms with Crippen molar-refractivity contribution in [2.24, 2.45) is 5.41 Å². The number of nitrogens with zero attached hydrogens (tertiary/aromatic N) is 1. The van der Waals surface area contributed by atoms with Crippen molar-refractivity contribution in [3.8, 4) is 11.5 Å². The van der Waals surface area contributed by atoms with E-state index in [-0.39, 0.29) is 5.41 Å². The molecule has 0 spiro atoms. The molecule has 0 fully saturated rings. The van der Waals surface area contributed by atoms with Crippen molar-refractivity contribution in [1.82, 2.24) is 4.90 Å². The van der Waals surface area contributed by atoms with Crippen molar-refractivity contribution in [2.75, 3.05) is 33.4 Å². The quantitative estimate of drug-likeness (QED) is 0.296. The van der Waals surface area contributed by atoms with Crippen LogP contribution in [-0.4, -0.2) is 38.3 Å². The molecule has 0 aliphatic carbocycles. The summed E-state index contributed by atoms with van der Waals surface area (Å²) in [6, 6.07) is 27.6. The zero-order chi connectivity index (χ0) is 24.6. The van der Waals surface area contributed by atoms with Crippen molar-refractivity contribution in [2.45, 2.75) is 34.6 Å². The Morgan fingerprint density at radius 3 is 1.71 bits per heavy atom. The number of methoxy groups -OCH3 is 1. The molecular weight excluding hydrogens is 418 g/mol. The molecule has 0 unspecified atom stereocenters. The Balaban J connectivity index is 2.04. The van der Waals surface area contributed by atoms with Crippen molar-refractivity contribution in [3.63, 3.8) is 0 Å². The van der Waals surface area contributed by atoms with Gasteiger partial charge in [-0.1, -0.05) is 89.2 Å². The van der Waals surface area contributed by atoms with E-state index in [0.29, 0.717) is 6.61 Å². The third kappa shape index (κ3) is 6.51. The second-order valence-corrected chi connectivity index (χ2v) is 9.49. The second-order valence-electron chi connectivity index (χ2n) is 9.49. The Bertz CT molecular complexity index is 1040. The molecule has 0 saturated heterocycles. The van der Waals surface area contributed by atoms with E-state index < -0.39 is 0 Å². The largest absolute Gasteiger partial charge is 0.497 e. The molecular formula is C31H39NO2. The van der Waals surface area contributed by atoms with Gasteiger partial charge in [-0.15, -0.1) is 0 Å². The van der Waals surface area contributed by atoms with Gasteiger partial charge in [0.2, 0.25) is 0 Å². The molecule has 0 radical (unpaired) electrons. The summed E-state index contributed by atoms with van der Waals surface area (Å²) in [4.78, 5) is 2.37. The van der Waals surface area contributed by atoms with Gasteiger partial charge in [0.1, 0.15) is 18.1 Å². The molecule has 3 heteroatoms. The molecule has 0 heterocycles. The summed E-state index contributed by atoms with van der Waals surface area (Å²) in [7, 11) is 1.70. The van der Waals surface area contributed by atoms with E-state index in [0.717, 1.165) is 31.1 Å². The molecule has 3 aromatic rings. The third-order valence-electron chi connectivity index (χ3n) is 6.15. The Kier molecular flexibility index (Phi) is 8.95. The second kappa shape index (κ2) is 11.9. The molecule has 0 N–H and O–H groups in total. The molecule has 0 atom stereocenters. The van der Waals surface area contributed by atoms with Crippen LogP contribution in [0.2, 0.25) is 0 Å². The summed E-state index contributed by atoms with van der Waals surface area (Å²) in [6.45, 7) is 14.9. The number of hydrogen-bond donors (Lipinski definition) is 0. The van der Waals surface area contributed by atoms with Crippen molar-refractivity contribution in [3.05, 3.63) is 95.6 Å². The predicted octanol–water partition coefficient (Wildman–Crippen LogP) is 7.42. The molecule has 0 aliphatic rings. The minimum absolute atomic E-state index is 0.0600. The van der Waals surface area contributed by atoms with E-state index in [2.05, 4.69) is 106 Å². The summed E-state index contributed by atoms with van der Waals surface area (Å²) in [5.41, 5.74) is 6.07. The summed E-state index contributed by atoms with van der Waals surface area (Å²) in [6.07, 6.45) is 0. The molecule has 0 bridgehead atoms. The van der Waals surface area contributed by atoms with Gasteiger partial charge in [-0.2, -0.15) is 0 Å². The lowest BCUT2D eigenvalue weighted by molar-refractivity contribution is 0.223. The fourth-order valence-corrected chi connectivity index (χ4v) is 4.32. The molecule has 3 nitrogen and oxygen atoms in total. The van der Waals surface area contributed by atoms with E-state index in [9.17, 15) is 0 Å². The first-order valence-corrected chi connectivity index (χ1v) is 12.3. The van der Waals surface area contributed by atoms with Crippen LogP contribution in [-0.2, 0) is 0 Å². The van der Waals surface area contributed by atoms with Gasteiger partial charge in [0.25, 0.3) is 0 Å². The Morgan fingerprint density at radius 1 is 0.706 bits per heavy atom. The summed E-state index contributed by atoms with van der Waals surface area (Å²) in [5.74, 6) is 1.76. The van der Waals surface area contributed by atoms with Gasteiger partial charge in [0, 0.05) is 6.54 Å². The van der Waals surface area contributed by atoms with Gasteiger partial charge < -0.3 is 14.4 Å². The van der Waals surface area contributed by atoms with E-state index in [1.807, 2.05) is 12.1 Å². The molecule has 0 saturated carbocycles. The highest BCUT2D eigenvalue weighted by atomic mass is 16.5. The summed E-state index contributed by atoms with van der Waals surface area (Å²) < 4.78 is 11.5. The van der Waals surface area contributed by atoms with Crippen molar-refractivity contribution >= 4 is 11.1 Å². The van der Waals surface area contributed by atoms with Gasteiger partial charge in [-0.05, 0) is 70.6 Å². The molecule has 0 amide bonds.